The van der Waals surface area contributed by atoms with Crippen LogP contribution >= 0.6 is 0 Å². The van der Waals surface area contributed by atoms with Crippen molar-refractivity contribution in [2.24, 2.45) is 0 Å². The molecule has 0 fully saturated rings. The molecule has 0 saturated carbocycles. The predicted molar refractivity (Wildman–Crippen MR) is 72.2 cm³/mol. The van der Waals surface area contributed by atoms with Crippen LogP contribution in [0.1, 0.15) is 26.3 Å². The molecule has 1 aromatic rings. The van der Waals surface area contributed by atoms with Crippen molar-refractivity contribution in [2.45, 2.75) is 32.9 Å². The summed E-state index contributed by atoms with van der Waals surface area (Å²) in [5, 5.41) is 12.7. The summed E-state index contributed by atoms with van der Waals surface area (Å²) in [6.07, 6.45) is 0. The normalized spacial score (nSPS) is 12.1. The number of benzene rings is 1. The lowest BCUT2D eigenvalue weighted by atomic mass is 10.1. The monoisotopic (exact) mass is 236 g/mol. The minimum absolute atomic E-state index is 0.180. The van der Waals surface area contributed by atoms with Gasteiger partial charge in [-0.05, 0) is 45.5 Å². The van der Waals surface area contributed by atoms with Gasteiger partial charge in [-0.25, -0.2) is 0 Å². The van der Waals surface area contributed by atoms with E-state index in [4.69, 9.17) is 0 Å². The Hall–Kier alpha value is -1.06. The number of rotatable bonds is 5. The van der Waals surface area contributed by atoms with E-state index < -0.39 is 0 Å². The summed E-state index contributed by atoms with van der Waals surface area (Å²) in [5.74, 6) is 0.325. The molecule has 3 nitrogen and oxygen atoms in total. The highest BCUT2D eigenvalue weighted by molar-refractivity contribution is 5.25. The number of aromatic hydroxyl groups is 1. The average Bonchev–Trinajstić information content (AvgIpc) is 2.19. The van der Waals surface area contributed by atoms with Crippen LogP contribution in [-0.4, -0.2) is 35.7 Å². The molecule has 0 aliphatic carbocycles. The van der Waals surface area contributed by atoms with Crippen LogP contribution in [0.2, 0.25) is 0 Å². The first-order valence-corrected chi connectivity index (χ1v) is 6.08. The van der Waals surface area contributed by atoms with Crippen LogP contribution in [0.5, 0.6) is 5.75 Å². The Morgan fingerprint density at radius 1 is 1.18 bits per heavy atom. The zero-order valence-electron chi connectivity index (χ0n) is 11.3. The smallest absolute Gasteiger partial charge is 0.115 e. The standard InChI is InChI=1S/C14H24N2O/c1-14(2,3)15-9-10-16(4)11-12-5-7-13(17)8-6-12/h5-8,15,17H,9-11H2,1-4H3. The van der Waals surface area contributed by atoms with Crippen molar-refractivity contribution in [3.05, 3.63) is 29.8 Å². The lowest BCUT2D eigenvalue weighted by Gasteiger charge is -2.23. The number of phenols is 1. The Bertz CT molecular complexity index is 327. The van der Waals surface area contributed by atoms with E-state index in [1.165, 1.54) is 5.56 Å². The number of phenolic OH excluding ortho intramolecular Hbond substituents is 1. The van der Waals surface area contributed by atoms with E-state index in [0.717, 1.165) is 19.6 Å². The van der Waals surface area contributed by atoms with E-state index in [-0.39, 0.29) is 5.54 Å². The lowest BCUT2D eigenvalue weighted by Crippen LogP contribution is -2.40. The molecule has 0 aromatic heterocycles. The molecular formula is C14H24N2O. The first kappa shape index (κ1) is 14.0. The van der Waals surface area contributed by atoms with Gasteiger partial charge in [0, 0.05) is 25.2 Å². The SMILES string of the molecule is CN(CCNC(C)(C)C)Cc1ccc(O)cc1. The largest absolute Gasteiger partial charge is 0.508 e. The van der Waals surface area contributed by atoms with E-state index in [1.54, 1.807) is 12.1 Å². The summed E-state index contributed by atoms with van der Waals surface area (Å²) in [4.78, 5) is 2.27. The zero-order valence-corrected chi connectivity index (χ0v) is 11.3. The van der Waals surface area contributed by atoms with Gasteiger partial charge >= 0.3 is 0 Å². The molecule has 0 saturated heterocycles. The van der Waals surface area contributed by atoms with Gasteiger partial charge in [-0.2, -0.15) is 0 Å². The van der Waals surface area contributed by atoms with E-state index in [9.17, 15) is 5.11 Å². The molecule has 0 atom stereocenters. The van der Waals surface area contributed by atoms with Gasteiger partial charge in [-0.15, -0.1) is 0 Å². The third-order valence-corrected chi connectivity index (χ3v) is 2.54. The van der Waals surface area contributed by atoms with Gasteiger partial charge in [-0.3, -0.25) is 0 Å². The Morgan fingerprint density at radius 3 is 2.29 bits per heavy atom. The maximum atomic E-state index is 9.20. The zero-order chi connectivity index (χ0) is 12.9. The predicted octanol–water partition coefficient (Wildman–Crippen LogP) is 2.21. The van der Waals surface area contributed by atoms with Crippen LogP contribution < -0.4 is 5.32 Å². The van der Waals surface area contributed by atoms with Gasteiger partial charge in [-0.1, -0.05) is 12.1 Å². The van der Waals surface area contributed by atoms with Gasteiger partial charge in [0.1, 0.15) is 5.75 Å². The molecular weight excluding hydrogens is 212 g/mol. The maximum absolute atomic E-state index is 9.20. The fourth-order valence-electron chi connectivity index (χ4n) is 1.61. The van der Waals surface area contributed by atoms with Gasteiger partial charge in [0.2, 0.25) is 0 Å². The van der Waals surface area contributed by atoms with Crippen LogP contribution in [0, 0.1) is 0 Å². The molecule has 0 radical (unpaired) electrons. The van der Waals surface area contributed by atoms with E-state index >= 15 is 0 Å². The minimum atomic E-state index is 0.180. The summed E-state index contributed by atoms with van der Waals surface area (Å²) in [7, 11) is 2.11. The summed E-state index contributed by atoms with van der Waals surface area (Å²) in [5.41, 5.74) is 1.40. The average molecular weight is 236 g/mol. The Labute approximate surface area is 104 Å². The number of likely N-dealkylation sites (N-methyl/N-ethyl adjacent to an activating group) is 1. The Balaban J connectivity index is 2.30. The van der Waals surface area contributed by atoms with Crippen molar-refractivity contribution < 1.29 is 5.11 Å². The molecule has 1 aromatic carbocycles. The molecule has 2 N–H and O–H groups in total. The van der Waals surface area contributed by atoms with Crippen LogP contribution in [0.15, 0.2) is 24.3 Å². The topological polar surface area (TPSA) is 35.5 Å². The van der Waals surface area contributed by atoms with Crippen LogP contribution in [0.3, 0.4) is 0 Å². The van der Waals surface area contributed by atoms with E-state index in [1.807, 2.05) is 12.1 Å². The van der Waals surface area contributed by atoms with Crippen LogP contribution in [0.25, 0.3) is 0 Å². The first-order chi connectivity index (χ1) is 7.87. The molecule has 0 unspecified atom stereocenters. The van der Waals surface area contributed by atoms with Gasteiger partial charge in [0.05, 0.1) is 0 Å². The molecule has 0 bridgehead atoms. The Kier molecular flexibility index (Phi) is 4.97. The third kappa shape index (κ3) is 6.29. The number of hydrogen-bond donors (Lipinski definition) is 2. The van der Waals surface area contributed by atoms with Crippen molar-refractivity contribution in [3.8, 4) is 5.75 Å². The fourth-order valence-corrected chi connectivity index (χ4v) is 1.61. The second-order valence-corrected chi connectivity index (χ2v) is 5.58. The highest BCUT2D eigenvalue weighted by Gasteiger charge is 2.08. The third-order valence-electron chi connectivity index (χ3n) is 2.54. The molecule has 1 rings (SSSR count). The van der Waals surface area contributed by atoms with Crippen molar-refractivity contribution in [3.63, 3.8) is 0 Å². The summed E-state index contributed by atoms with van der Waals surface area (Å²) < 4.78 is 0. The van der Waals surface area contributed by atoms with Crippen molar-refractivity contribution in [1.82, 2.24) is 10.2 Å². The maximum Gasteiger partial charge on any atom is 0.115 e. The molecule has 0 aliphatic heterocycles. The summed E-state index contributed by atoms with van der Waals surface area (Å²) >= 11 is 0. The highest BCUT2D eigenvalue weighted by atomic mass is 16.3. The summed E-state index contributed by atoms with van der Waals surface area (Å²) in [6.45, 7) is 9.43. The van der Waals surface area contributed by atoms with Crippen LogP contribution in [0.4, 0.5) is 0 Å². The second-order valence-electron chi connectivity index (χ2n) is 5.58. The Morgan fingerprint density at radius 2 is 1.76 bits per heavy atom. The molecule has 0 aliphatic rings. The molecule has 3 heteroatoms. The van der Waals surface area contributed by atoms with Gasteiger partial charge < -0.3 is 15.3 Å². The molecule has 0 amide bonds. The molecule has 0 spiro atoms. The number of nitrogens with zero attached hydrogens (tertiary/aromatic N) is 1. The highest BCUT2D eigenvalue weighted by Crippen LogP contribution is 2.10. The molecule has 17 heavy (non-hydrogen) atoms. The van der Waals surface area contributed by atoms with Crippen molar-refractivity contribution in [2.75, 3.05) is 20.1 Å². The van der Waals surface area contributed by atoms with Crippen molar-refractivity contribution >= 4 is 0 Å². The summed E-state index contributed by atoms with van der Waals surface area (Å²) in [6, 6.07) is 7.39. The van der Waals surface area contributed by atoms with E-state index in [2.05, 4.69) is 38.0 Å². The molecule has 96 valence electrons. The quantitative estimate of drug-likeness (QED) is 0.823. The van der Waals surface area contributed by atoms with Crippen molar-refractivity contribution in [1.29, 1.82) is 0 Å². The number of nitrogens with one attached hydrogen (secondary N) is 1. The van der Waals surface area contributed by atoms with Gasteiger partial charge in [0.25, 0.3) is 0 Å². The van der Waals surface area contributed by atoms with Crippen LogP contribution in [-0.2, 0) is 6.54 Å². The minimum Gasteiger partial charge on any atom is -0.508 e. The lowest BCUT2D eigenvalue weighted by molar-refractivity contribution is 0.303. The van der Waals surface area contributed by atoms with Gasteiger partial charge in [0.15, 0.2) is 0 Å². The van der Waals surface area contributed by atoms with E-state index in [0.29, 0.717) is 5.75 Å². The fraction of sp³-hybridized carbons (Fsp3) is 0.571. The number of hydrogen-bond acceptors (Lipinski definition) is 3. The molecule has 0 heterocycles. The first-order valence-electron chi connectivity index (χ1n) is 6.08. The second kappa shape index (κ2) is 6.03.